The first kappa shape index (κ1) is 15.3. The SMILES string of the molecule is CN(Cc1cccc(Cl)c1)C(=O)c1ccc(-n2ccnc2)cc1. The molecule has 0 radical (unpaired) electrons. The van der Waals surface area contributed by atoms with Crippen LogP contribution in [0.5, 0.6) is 0 Å². The number of carbonyl (C=O) groups is 1. The summed E-state index contributed by atoms with van der Waals surface area (Å²) in [6.07, 6.45) is 5.31. The molecule has 5 heteroatoms. The van der Waals surface area contributed by atoms with Gasteiger partial charge in [0.1, 0.15) is 0 Å². The Morgan fingerprint density at radius 3 is 2.65 bits per heavy atom. The van der Waals surface area contributed by atoms with E-state index in [4.69, 9.17) is 11.6 Å². The van der Waals surface area contributed by atoms with Crippen molar-refractivity contribution >= 4 is 17.5 Å². The van der Waals surface area contributed by atoms with E-state index in [2.05, 4.69) is 4.98 Å². The molecule has 0 fully saturated rings. The number of hydrogen-bond acceptors (Lipinski definition) is 2. The highest BCUT2D eigenvalue weighted by Crippen LogP contribution is 2.15. The molecule has 0 aliphatic heterocycles. The molecular formula is C18H16ClN3O. The summed E-state index contributed by atoms with van der Waals surface area (Å²) in [5, 5.41) is 0.674. The fraction of sp³-hybridized carbons (Fsp3) is 0.111. The van der Waals surface area contributed by atoms with E-state index in [-0.39, 0.29) is 5.91 Å². The molecule has 4 nitrogen and oxygen atoms in total. The Kier molecular flexibility index (Phi) is 4.44. The fourth-order valence-electron chi connectivity index (χ4n) is 2.39. The summed E-state index contributed by atoms with van der Waals surface area (Å²) >= 11 is 5.98. The van der Waals surface area contributed by atoms with Gasteiger partial charge >= 0.3 is 0 Å². The van der Waals surface area contributed by atoms with Gasteiger partial charge in [-0.05, 0) is 42.0 Å². The quantitative estimate of drug-likeness (QED) is 0.732. The van der Waals surface area contributed by atoms with Crippen molar-refractivity contribution in [3.05, 3.63) is 83.4 Å². The van der Waals surface area contributed by atoms with E-state index in [1.165, 1.54) is 0 Å². The van der Waals surface area contributed by atoms with Crippen LogP contribution in [0.2, 0.25) is 5.02 Å². The molecule has 0 atom stereocenters. The lowest BCUT2D eigenvalue weighted by atomic mass is 10.1. The third-order valence-electron chi connectivity index (χ3n) is 3.57. The van der Waals surface area contributed by atoms with Crippen molar-refractivity contribution in [3.8, 4) is 5.69 Å². The van der Waals surface area contributed by atoms with Gasteiger partial charge in [-0.1, -0.05) is 23.7 Å². The first-order valence-electron chi connectivity index (χ1n) is 7.22. The molecule has 0 N–H and O–H groups in total. The maximum absolute atomic E-state index is 12.5. The van der Waals surface area contributed by atoms with Gasteiger partial charge in [-0.3, -0.25) is 4.79 Å². The monoisotopic (exact) mass is 325 g/mol. The summed E-state index contributed by atoms with van der Waals surface area (Å²) in [6, 6.07) is 15.0. The third-order valence-corrected chi connectivity index (χ3v) is 3.81. The lowest BCUT2D eigenvalue weighted by molar-refractivity contribution is 0.0785. The molecule has 0 aliphatic rings. The number of amides is 1. The molecule has 0 aliphatic carbocycles. The van der Waals surface area contributed by atoms with E-state index in [9.17, 15) is 4.79 Å². The molecule has 3 rings (SSSR count). The van der Waals surface area contributed by atoms with Crippen molar-refractivity contribution in [2.24, 2.45) is 0 Å². The Morgan fingerprint density at radius 1 is 1.22 bits per heavy atom. The average Bonchev–Trinajstić information content (AvgIpc) is 3.09. The molecule has 116 valence electrons. The van der Waals surface area contributed by atoms with Gasteiger partial charge in [0.05, 0.1) is 6.33 Å². The average molecular weight is 326 g/mol. The van der Waals surface area contributed by atoms with Crippen molar-refractivity contribution in [2.45, 2.75) is 6.54 Å². The first-order valence-corrected chi connectivity index (χ1v) is 7.59. The van der Waals surface area contributed by atoms with E-state index < -0.39 is 0 Å². The zero-order valence-corrected chi connectivity index (χ0v) is 13.4. The zero-order chi connectivity index (χ0) is 16.2. The second-order valence-electron chi connectivity index (χ2n) is 5.31. The topological polar surface area (TPSA) is 38.1 Å². The fourth-order valence-corrected chi connectivity index (χ4v) is 2.60. The van der Waals surface area contributed by atoms with Gasteiger partial charge in [-0.15, -0.1) is 0 Å². The normalized spacial score (nSPS) is 10.5. The van der Waals surface area contributed by atoms with Crippen LogP contribution in [0.1, 0.15) is 15.9 Å². The lowest BCUT2D eigenvalue weighted by Gasteiger charge is -2.17. The van der Waals surface area contributed by atoms with Gasteiger partial charge in [0, 0.05) is 42.3 Å². The predicted molar refractivity (Wildman–Crippen MR) is 90.8 cm³/mol. The highest BCUT2D eigenvalue weighted by Gasteiger charge is 2.12. The van der Waals surface area contributed by atoms with E-state index in [1.807, 2.05) is 59.3 Å². The maximum atomic E-state index is 12.5. The van der Waals surface area contributed by atoms with Crippen LogP contribution in [0.15, 0.2) is 67.3 Å². The Bertz CT molecular complexity index is 797. The van der Waals surface area contributed by atoms with Gasteiger partial charge in [0.2, 0.25) is 0 Å². The minimum absolute atomic E-state index is 0.0258. The van der Waals surface area contributed by atoms with Gasteiger partial charge in [0.15, 0.2) is 0 Å². The smallest absolute Gasteiger partial charge is 0.253 e. The number of nitrogens with zero attached hydrogens (tertiary/aromatic N) is 3. The van der Waals surface area contributed by atoms with E-state index >= 15 is 0 Å². The van der Waals surface area contributed by atoms with Crippen LogP contribution in [-0.4, -0.2) is 27.4 Å². The number of benzene rings is 2. The first-order chi connectivity index (χ1) is 11.1. The second-order valence-corrected chi connectivity index (χ2v) is 5.74. The minimum atomic E-state index is -0.0258. The van der Waals surface area contributed by atoms with E-state index in [0.717, 1.165) is 11.3 Å². The maximum Gasteiger partial charge on any atom is 0.253 e. The Labute approximate surface area is 140 Å². The number of hydrogen-bond donors (Lipinski definition) is 0. The Hall–Kier alpha value is -2.59. The summed E-state index contributed by atoms with van der Waals surface area (Å²) in [6.45, 7) is 0.517. The molecule has 1 heterocycles. The molecule has 1 amide bonds. The lowest BCUT2D eigenvalue weighted by Crippen LogP contribution is -2.26. The molecule has 0 saturated heterocycles. The standard InChI is InChI=1S/C18H16ClN3O/c1-21(12-14-3-2-4-16(19)11-14)18(23)15-5-7-17(8-6-15)22-10-9-20-13-22/h2-11,13H,12H2,1H3. The number of rotatable bonds is 4. The van der Waals surface area contributed by atoms with E-state index in [0.29, 0.717) is 17.1 Å². The van der Waals surface area contributed by atoms with Gasteiger partial charge in [0.25, 0.3) is 5.91 Å². The van der Waals surface area contributed by atoms with Crippen molar-refractivity contribution < 1.29 is 4.79 Å². The van der Waals surface area contributed by atoms with Gasteiger partial charge < -0.3 is 9.47 Å². The number of imidazole rings is 1. The molecule has 0 spiro atoms. The second kappa shape index (κ2) is 6.67. The molecule has 2 aromatic carbocycles. The Morgan fingerprint density at radius 2 is 2.00 bits per heavy atom. The molecule has 3 aromatic rings. The van der Waals surface area contributed by atoms with Crippen LogP contribution < -0.4 is 0 Å². The number of halogens is 1. The van der Waals surface area contributed by atoms with Crippen LogP contribution in [-0.2, 0) is 6.54 Å². The van der Waals surface area contributed by atoms with Crippen molar-refractivity contribution in [2.75, 3.05) is 7.05 Å². The van der Waals surface area contributed by atoms with Gasteiger partial charge in [-0.2, -0.15) is 0 Å². The Balaban J connectivity index is 1.72. The zero-order valence-electron chi connectivity index (χ0n) is 12.7. The molecule has 0 saturated carbocycles. The van der Waals surface area contributed by atoms with Crippen LogP contribution >= 0.6 is 11.6 Å². The van der Waals surface area contributed by atoms with Crippen LogP contribution in [0.3, 0.4) is 0 Å². The van der Waals surface area contributed by atoms with E-state index in [1.54, 1.807) is 24.5 Å². The summed E-state index contributed by atoms with van der Waals surface area (Å²) < 4.78 is 1.89. The molecule has 1 aromatic heterocycles. The van der Waals surface area contributed by atoms with Crippen LogP contribution in [0, 0.1) is 0 Å². The summed E-state index contributed by atoms with van der Waals surface area (Å²) in [5.41, 5.74) is 2.62. The number of carbonyl (C=O) groups excluding carboxylic acids is 1. The summed E-state index contributed by atoms with van der Waals surface area (Å²) in [5.74, 6) is -0.0258. The summed E-state index contributed by atoms with van der Waals surface area (Å²) in [7, 11) is 1.78. The molecule has 0 unspecified atom stereocenters. The highest BCUT2D eigenvalue weighted by molar-refractivity contribution is 6.30. The molecule has 0 bridgehead atoms. The summed E-state index contributed by atoms with van der Waals surface area (Å²) in [4.78, 5) is 18.2. The van der Waals surface area contributed by atoms with Gasteiger partial charge in [-0.25, -0.2) is 4.98 Å². The van der Waals surface area contributed by atoms with Crippen molar-refractivity contribution in [1.29, 1.82) is 0 Å². The minimum Gasteiger partial charge on any atom is -0.337 e. The molecule has 23 heavy (non-hydrogen) atoms. The number of aromatic nitrogens is 2. The largest absolute Gasteiger partial charge is 0.337 e. The molecular weight excluding hydrogens is 310 g/mol. The van der Waals surface area contributed by atoms with Crippen molar-refractivity contribution in [3.63, 3.8) is 0 Å². The van der Waals surface area contributed by atoms with Crippen molar-refractivity contribution in [1.82, 2.24) is 14.5 Å². The van der Waals surface area contributed by atoms with Crippen LogP contribution in [0.25, 0.3) is 5.69 Å². The van der Waals surface area contributed by atoms with Crippen LogP contribution in [0.4, 0.5) is 0 Å². The third kappa shape index (κ3) is 3.60. The predicted octanol–water partition coefficient (Wildman–Crippen LogP) is 3.80. The highest BCUT2D eigenvalue weighted by atomic mass is 35.5.